The predicted molar refractivity (Wildman–Crippen MR) is 76.6 cm³/mol. The average Bonchev–Trinajstić information content (AvgIpc) is 2.38. The fourth-order valence-corrected chi connectivity index (χ4v) is 2.80. The minimum atomic E-state index is 0.716. The molecule has 1 aliphatic rings. The van der Waals surface area contributed by atoms with E-state index in [1.807, 2.05) is 11.8 Å². The van der Waals surface area contributed by atoms with Gasteiger partial charge in [-0.25, -0.2) is 0 Å². The lowest BCUT2D eigenvalue weighted by molar-refractivity contribution is 0.669. The van der Waals surface area contributed by atoms with Crippen LogP contribution in [0, 0.1) is 5.92 Å². The molecule has 92 valence electrons. The molecule has 1 atom stereocenters. The second-order valence-corrected chi connectivity index (χ2v) is 5.55. The highest BCUT2D eigenvalue weighted by Gasteiger charge is 2.11. The van der Waals surface area contributed by atoms with Crippen LogP contribution >= 0.6 is 11.8 Å². The van der Waals surface area contributed by atoms with Crippen LogP contribution in [0.15, 0.2) is 29.3 Å². The summed E-state index contributed by atoms with van der Waals surface area (Å²) in [5.41, 5.74) is 2.81. The molecule has 1 aromatic rings. The maximum Gasteiger partial charge on any atom is 0.156 e. The number of rotatable bonds is 3. The maximum atomic E-state index is 4.55. The van der Waals surface area contributed by atoms with Gasteiger partial charge in [0.2, 0.25) is 0 Å². The summed E-state index contributed by atoms with van der Waals surface area (Å²) in [6, 6.07) is 8.61. The molecule has 0 spiro atoms. The van der Waals surface area contributed by atoms with Gasteiger partial charge in [0.15, 0.2) is 5.17 Å². The van der Waals surface area contributed by atoms with E-state index in [1.54, 1.807) is 0 Å². The van der Waals surface area contributed by atoms with E-state index in [0.29, 0.717) is 5.92 Å². The van der Waals surface area contributed by atoms with Crippen molar-refractivity contribution in [3.05, 3.63) is 35.4 Å². The summed E-state index contributed by atoms with van der Waals surface area (Å²) in [6.07, 6.45) is 1.09. The second-order valence-electron chi connectivity index (χ2n) is 4.54. The van der Waals surface area contributed by atoms with Crippen molar-refractivity contribution in [3.8, 4) is 0 Å². The molecule has 0 bridgehead atoms. The zero-order valence-electron chi connectivity index (χ0n) is 10.6. The molecule has 0 amide bonds. The molecule has 1 unspecified atom stereocenters. The maximum absolute atomic E-state index is 4.55. The van der Waals surface area contributed by atoms with E-state index in [9.17, 15) is 0 Å². The van der Waals surface area contributed by atoms with Crippen molar-refractivity contribution in [2.75, 3.05) is 12.3 Å². The van der Waals surface area contributed by atoms with Gasteiger partial charge in [-0.1, -0.05) is 49.9 Å². The van der Waals surface area contributed by atoms with Crippen LogP contribution in [0.25, 0.3) is 0 Å². The Labute approximate surface area is 108 Å². The monoisotopic (exact) mass is 248 g/mol. The molecule has 0 radical (unpaired) electrons. The van der Waals surface area contributed by atoms with E-state index in [0.717, 1.165) is 24.7 Å². The Balaban J connectivity index is 1.93. The summed E-state index contributed by atoms with van der Waals surface area (Å²) < 4.78 is 0. The Hall–Kier alpha value is -0.960. The number of benzene rings is 1. The van der Waals surface area contributed by atoms with Crippen LogP contribution in [0.3, 0.4) is 0 Å². The van der Waals surface area contributed by atoms with E-state index < -0.39 is 0 Å². The van der Waals surface area contributed by atoms with Gasteiger partial charge in [0.1, 0.15) is 0 Å². The predicted octanol–water partition coefficient (Wildman–Crippen LogP) is 3.08. The molecule has 0 aliphatic carbocycles. The van der Waals surface area contributed by atoms with Gasteiger partial charge in [0.25, 0.3) is 0 Å². The second kappa shape index (κ2) is 6.10. The van der Waals surface area contributed by atoms with E-state index >= 15 is 0 Å². The van der Waals surface area contributed by atoms with Crippen molar-refractivity contribution >= 4 is 16.9 Å². The number of nitrogens with one attached hydrogen (secondary N) is 1. The van der Waals surface area contributed by atoms with Crippen LogP contribution in [0.4, 0.5) is 0 Å². The first-order chi connectivity index (χ1) is 8.29. The van der Waals surface area contributed by atoms with Gasteiger partial charge in [-0.3, -0.25) is 4.99 Å². The highest BCUT2D eigenvalue weighted by Crippen LogP contribution is 2.16. The fourth-order valence-electron chi connectivity index (χ4n) is 1.91. The van der Waals surface area contributed by atoms with Crippen LogP contribution in [0.5, 0.6) is 0 Å². The van der Waals surface area contributed by atoms with Crippen molar-refractivity contribution in [2.45, 2.75) is 26.8 Å². The molecule has 1 heterocycles. The molecular weight excluding hydrogens is 228 g/mol. The molecule has 3 heteroatoms. The number of aryl methyl sites for hydroxylation is 1. The third-order valence-electron chi connectivity index (χ3n) is 2.98. The van der Waals surface area contributed by atoms with Crippen LogP contribution in [-0.2, 0) is 13.0 Å². The summed E-state index contributed by atoms with van der Waals surface area (Å²) in [7, 11) is 0. The minimum Gasteiger partial charge on any atom is -0.361 e. The number of hydrogen-bond acceptors (Lipinski definition) is 3. The van der Waals surface area contributed by atoms with E-state index in [2.05, 4.69) is 48.4 Å². The number of thioether (sulfide) groups is 1. The first kappa shape index (κ1) is 12.5. The van der Waals surface area contributed by atoms with Gasteiger partial charge in [-0.15, -0.1) is 0 Å². The molecule has 0 saturated carbocycles. The number of hydrogen-bond donors (Lipinski definition) is 1. The minimum absolute atomic E-state index is 0.716. The Morgan fingerprint density at radius 3 is 2.76 bits per heavy atom. The van der Waals surface area contributed by atoms with E-state index in [1.165, 1.54) is 16.9 Å². The van der Waals surface area contributed by atoms with Crippen molar-refractivity contribution in [1.82, 2.24) is 5.32 Å². The summed E-state index contributed by atoms with van der Waals surface area (Å²) in [6.45, 7) is 6.31. The lowest BCUT2D eigenvalue weighted by atomic mass is 10.1. The third-order valence-corrected chi connectivity index (χ3v) is 4.26. The fraction of sp³-hybridized carbons (Fsp3) is 0.500. The normalized spacial score (nSPS) is 19.9. The summed E-state index contributed by atoms with van der Waals surface area (Å²) in [5.74, 6) is 1.90. The van der Waals surface area contributed by atoms with Gasteiger partial charge in [-0.05, 0) is 23.5 Å². The van der Waals surface area contributed by atoms with Gasteiger partial charge < -0.3 is 5.32 Å². The number of aliphatic imine (C=N–C) groups is 1. The molecule has 0 saturated heterocycles. The van der Waals surface area contributed by atoms with Gasteiger partial charge in [0, 0.05) is 18.8 Å². The Kier molecular flexibility index (Phi) is 4.49. The Morgan fingerprint density at radius 2 is 2.12 bits per heavy atom. The van der Waals surface area contributed by atoms with Gasteiger partial charge in [-0.2, -0.15) is 0 Å². The van der Waals surface area contributed by atoms with Crippen molar-refractivity contribution in [1.29, 1.82) is 0 Å². The zero-order chi connectivity index (χ0) is 12.1. The quantitative estimate of drug-likeness (QED) is 0.889. The summed E-state index contributed by atoms with van der Waals surface area (Å²) in [4.78, 5) is 4.55. The zero-order valence-corrected chi connectivity index (χ0v) is 11.4. The first-order valence-corrected chi connectivity index (χ1v) is 7.26. The van der Waals surface area contributed by atoms with Crippen molar-refractivity contribution in [2.24, 2.45) is 10.9 Å². The topological polar surface area (TPSA) is 24.4 Å². The molecule has 0 fully saturated rings. The summed E-state index contributed by atoms with van der Waals surface area (Å²) in [5, 5.41) is 4.55. The molecule has 1 N–H and O–H groups in total. The van der Waals surface area contributed by atoms with E-state index in [-0.39, 0.29) is 0 Å². The summed E-state index contributed by atoms with van der Waals surface area (Å²) >= 11 is 1.84. The molecule has 2 rings (SSSR count). The van der Waals surface area contributed by atoms with Crippen LogP contribution in [0.2, 0.25) is 0 Å². The standard InChI is InChI=1S/C14H20N2S/c1-3-12-6-4-5-7-13(12)9-16-14-15-8-11(2)10-17-14/h4-7,11H,3,8-10H2,1-2H3,(H,15,16). The number of nitrogens with zero attached hydrogens (tertiary/aromatic N) is 1. The Morgan fingerprint density at radius 1 is 1.35 bits per heavy atom. The largest absolute Gasteiger partial charge is 0.361 e. The number of amidine groups is 1. The Bertz CT molecular complexity index is 401. The van der Waals surface area contributed by atoms with Crippen LogP contribution in [-0.4, -0.2) is 17.5 Å². The SMILES string of the molecule is CCc1ccccc1CNC1=NCC(C)CS1. The molecule has 0 aromatic heterocycles. The van der Waals surface area contributed by atoms with Crippen LogP contribution < -0.4 is 5.32 Å². The molecule has 1 aliphatic heterocycles. The molecule has 1 aromatic carbocycles. The highest BCUT2D eigenvalue weighted by atomic mass is 32.2. The lowest BCUT2D eigenvalue weighted by Gasteiger charge is -2.18. The molecular formula is C14H20N2S. The van der Waals surface area contributed by atoms with Crippen molar-refractivity contribution in [3.63, 3.8) is 0 Å². The van der Waals surface area contributed by atoms with Gasteiger partial charge in [0.05, 0.1) is 0 Å². The molecule has 17 heavy (non-hydrogen) atoms. The average molecular weight is 248 g/mol. The van der Waals surface area contributed by atoms with E-state index in [4.69, 9.17) is 0 Å². The molecule has 2 nitrogen and oxygen atoms in total. The highest BCUT2D eigenvalue weighted by molar-refractivity contribution is 8.13. The van der Waals surface area contributed by atoms with Gasteiger partial charge >= 0.3 is 0 Å². The lowest BCUT2D eigenvalue weighted by Crippen LogP contribution is -2.26. The third kappa shape index (κ3) is 3.50. The first-order valence-electron chi connectivity index (χ1n) is 6.27. The van der Waals surface area contributed by atoms with Crippen molar-refractivity contribution < 1.29 is 0 Å². The smallest absolute Gasteiger partial charge is 0.156 e. The van der Waals surface area contributed by atoms with Crippen LogP contribution in [0.1, 0.15) is 25.0 Å².